The van der Waals surface area contributed by atoms with Crippen LogP contribution in [0.5, 0.6) is 0 Å². The molecule has 164 valence electrons. The molecule has 0 unspecified atom stereocenters. The van der Waals surface area contributed by atoms with Gasteiger partial charge < -0.3 is 4.90 Å². The smallest absolute Gasteiger partial charge is 0.275 e. The number of para-hydroxylation sites is 2. The third-order valence-electron chi connectivity index (χ3n) is 6.02. The Kier molecular flexibility index (Phi) is 5.26. The first-order chi connectivity index (χ1) is 16.0. The Morgan fingerprint density at radius 2 is 1.73 bits per heavy atom. The van der Waals surface area contributed by atoms with E-state index in [-0.39, 0.29) is 5.91 Å². The van der Waals surface area contributed by atoms with Crippen molar-refractivity contribution in [1.29, 1.82) is 0 Å². The summed E-state index contributed by atoms with van der Waals surface area (Å²) >= 11 is 0. The van der Waals surface area contributed by atoms with E-state index in [2.05, 4.69) is 42.2 Å². The number of aryl methyl sites for hydroxylation is 2. The summed E-state index contributed by atoms with van der Waals surface area (Å²) in [7, 11) is 1.80. The summed E-state index contributed by atoms with van der Waals surface area (Å²) in [4.78, 5) is 15.0. The zero-order valence-electron chi connectivity index (χ0n) is 18.9. The normalized spacial score (nSPS) is 11.1. The van der Waals surface area contributed by atoms with E-state index in [1.165, 1.54) is 11.1 Å². The Morgan fingerprint density at radius 3 is 2.52 bits per heavy atom. The fourth-order valence-corrected chi connectivity index (χ4v) is 4.00. The number of hydrogen-bond donors (Lipinski definition) is 1. The van der Waals surface area contributed by atoms with Crippen LogP contribution < -0.4 is 0 Å². The minimum atomic E-state index is -0.133. The fourth-order valence-electron chi connectivity index (χ4n) is 4.00. The molecule has 6 nitrogen and oxygen atoms in total. The van der Waals surface area contributed by atoms with E-state index in [1.54, 1.807) is 11.9 Å². The van der Waals surface area contributed by atoms with Gasteiger partial charge in [0.15, 0.2) is 5.69 Å². The number of carbonyl (C=O) groups is 1. The topological polar surface area (TPSA) is 66.8 Å². The Morgan fingerprint density at radius 1 is 0.970 bits per heavy atom. The lowest BCUT2D eigenvalue weighted by Gasteiger charge is -2.16. The minimum Gasteiger partial charge on any atom is -0.336 e. The van der Waals surface area contributed by atoms with E-state index >= 15 is 0 Å². The van der Waals surface area contributed by atoms with Crippen LogP contribution in [0.1, 0.15) is 27.2 Å². The van der Waals surface area contributed by atoms with Crippen LogP contribution in [0.25, 0.3) is 27.8 Å². The third-order valence-corrected chi connectivity index (χ3v) is 6.02. The van der Waals surface area contributed by atoms with E-state index < -0.39 is 0 Å². The van der Waals surface area contributed by atoms with Crippen LogP contribution in [-0.2, 0) is 6.54 Å². The molecule has 0 aliphatic rings. The van der Waals surface area contributed by atoms with Crippen molar-refractivity contribution in [3.05, 3.63) is 101 Å². The Balaban J connectivity index is 1.52. The molecule has 0 aliphatic carbocycles. The molecule has 33 heavy (non-hydrogen) atoms. The van der Waals surface area contributed by atoms with Gasteiger partial charge in [0.05, 0.1) is 16.9 Å². The number of aromatic nitrogens is 4. The van der Waals surface area contributed by atoms with Crippen molar-refractivity contribution in [3.63, 3.8) is 0 Å². The maximum Gasteiger partial charge on any atom is 0.275 e. The Labute approximate surface area is 192 Å². The second kappa shape index (κ2) is 8.39. The van der Waals surface area contributed by atoms with Gasteiger partial charge in [-0.3, -0.25) is 9.89 Å². The Bertz CT molecular complexity index is 1450. The van der Waals surface area contributed by atoms with Gasteiger partial charge in [-0.2, -0.15) is 10.2 Å². The second-order valence-corrected chi connectivity index (χ2v) is 8.36. The monoisotopic (exact) mass is 435 g/mol. The van der Waals surface area contributed by atoms with E-state index in [4.69, 9.17) is 5.10 Å². The first-order valence-electron chi connectivity index (χ1n) is 10.9. The van der Waals surface area contributed by atoms with Crippen molar-refractivity contribution in [3.8, 4) is 16.9 Å². The van der Waals surface area contributed by atoms with Crippen molar-refractivity contribution in [2.45, 2.75) is 20.4 Å². The molecule has 2 aromatic heterocycles. The number of hydrogen-bond acceptors (Lipinski definition) is 3. The van der Waals surface area contributed by atoms with Crippen molar-refractivity contribution < 1.29 is 4.79 Å². The van der Waals surface area contributed by atoms with Gasteiger partial charge in [-0.15, -0.1) is 0 Å². The van der Waals surface area contributed by atoms with Crippen molar-refractivity contribution in [2.75, 3.05) is 7.05 Å². The summed E-state index contributed by atoms with van der Waals surface area (Å²) in [6.45, 7) is 4.61. The average Bonchev–Trinajstić information content (AvgIpc) is 3.45. The minimum absolute atomic E-state index is 0.133. The number of fused-ring (bicyclic) bond motifs is 1. The van der Waals surface area contributed by atoms with Crippen molar-refractivity contribution >= 4 is 16.8 Å². The zero-order chi connectivity index (χ0) is 22.9. The molecule has 5 rings (SSSR count). The van der Waals surface area contributed by atoms with Crippen LogP contribution in [0.3, 0.4) is 0 Å². The molecule has 0 saturated heterocycles. The largest absolute Gasteiger partial charge is 0.336 e. The summed E-state index contributed by atoms with van der Waals surface area (Å²) in [5.74, 6) is -0.133. The molecular weight excluding hydrogens is 410 g/mol. The van der Waals surface area contributed by atoms with Gasteiger partial charge in [0.25, 0.3) is 5.91 Å². The SMILES string of the molecule is Cc1ccc(-c2nn(-c3ccccc3)cc2CN(C)C(=O)c2n[nH]c3ccccc23)cc1C. The summed E-state index contributed by atoms with van der Waals surface area (Å²) < 4.78 is 1.88. The van der Waals surface area contributed by atoms with Crippen molar-refractivity contribution in [2.24, 2.45) is 0 Å². The quantitative estimate of drug-likeness (QED) is 0.407. The number of nitrogens with zero attached hydrogens (tertiary/aromatic N) is 4. The highest BCUT2D eigenvalue weighted by Gasteiger charge is 2.21. The molecule has 0 saturated carbocycles. The molecule has 3 aromatic carbocycles. The summed E-state index contributed by atoms with van der Waals surface area (Å²) in [6, 6.07) is 24.0. The zero-order valence-corrected chi connectivity index (χ0v) is 18.9. The van der Waals surface area contributed by atoms with E-state index in [1.807, 2.05) is 65.5 Å². The Hall–Kier alpha value is -4.19. The molecule has 2 heterocycles. The average molecular weight is 436 g/mol. The number of carbonyl (C=O) groups excluding carboxylic acids is 1. The van der Waals surface area contributed by atoms with Gasteiger partial charge in [-0.25, -0.2) is 4.68 Å². The van der Waals surface area contributed by atoms with Gasteiger partial charge in [0, 0.05) is 36.3 Å². The first kappa shape index (κ1) is 20.7. The van der Waals surface area contributed by atoms with Crippen LogP contribution in [0, 0.1) is 13.8 Å². The maximum atomic E-state index is 13.3. The number of H-pyrrole nitrogens is 1. The lowest BCUT2D eigenvalue weighted by molar-refractivity contribution is 0.0781. The number of aromatic amines is 1. The second-order valence-electron chi connectivity index (χ2n) is 8.36. The van der Waals surface area contributed by atoms with Crippen molar-refractivity contribution in [1.82, 2.24) is 24.9 Å². The number of amides is 1. The van der Waals surface area contributed by atoms with Crippen LogP contribution in [0.4, 0.5) is 0 Å². The van der Waals surface area contributed by atoms with Gasteiger partial charge in [0.1, 0.15) is 0 Å². The lowest BCUT2D eigenvalue weighted by atomic mass is 10.0. The van der Waals surface area contributed by atoms with Crippen LogP contribution in [0.15, 0.2) is 79.0 Å². The summed E-state index contributed by atoms with van der Waals surface area (Å²) in [6.07, 6.45) is 2.01. The molecule has 0 radical (unpaired) electrons. The predicted molar refractivity (Wildman–Crippen MR) is 130 cm³/mol. The number of nitrogens with one attached hydrogen (secondary N) is 1. The van der Waals surface area contributed by atoms with Crippen LogP contribution >= 0.6 is 0 Å². The first-order valence-corrected chi connectivity index (χ1v) is 10.9. The molecule has 6 heteroatoms. The van der Waals surface area contributed by atoms with Gasteiger partial charge in [0.2, 0.25) is 0 Å². The van der Waals surface area contributed by atoms with E-state index in [0.717, 1.165) is 33.4 Å². The maximum absolute atomic E-state index is 13.3. The van der Waals surface area contributed by atoms with Gasteiger partial charge >= 0.3 is 0 Å². The summed E-state index contributed by atoms with van der Waals surface area (Å²) in [5.41, 5.74) is 7.57. The molecule has 1 amide bonds. The molecule has 0 aliphatic heterocycles. The predicted octanol–water partition coefficient (Wildman–Crippen LogP) is 5.30. The molecule has 0 spiro atoms. The number of rotatable bonds is 5. The number of benzene rings is 3. The molecule has 0 bridgehead atoms. The third kappa shape index (κ3) is 3.91. The molecule has 1 N–H and O–H groups in total. The van der Waals surface area contributed by atoms with Gasteiger partial charge in [-0.1, -0.05) is 48.5 Å². The van der Waals surface area contributed by atoms with Crippen LogP contribution in [-0.4, -0.2) is 37.8 Å². The molecular formula is C27H25N5O. The highest BCUT2D eigenvalue weighted by atomic mass is 16.2. The lowest BCUT2D eigenvalue weighted by Crippen LogP contribution is -2.26. The summed E-state index contributed by atoms with van der Waals surface area (Å²) in [5, 5.41) is 13.0. The fraction of sp³-hybridized carbons (Fsp3) is 0.148. The van der Waals surface area contributed by atoms with Crippen LogP contribution in [0.2, 0.25) is 0 Å². The highest BCUT2D eigenvalue weighted by molar-refractivity contribution is 6.04. The van der Waals surface area contributed by atoms with E-state index in [0.29, 0.717) is 12.2 Å². The van der Waals surface area contributed by atoms with Gasteiger partial charge in [-0.05, 0) is 49.2 Å². The molecule has 0 atom stereocenters. The molecule has 0 fully saturated rings. The standard InChI is InChI=1S/C27H25N5O/c1-18-13-14-20(15-19(18)2)25-21(17-32(30-25)22-9-5-4-6-10-22)16-31(3)27(33)26-23-11-7-8-12-24(23)28-29-26/h4-15,17H,16H2,1-3H3,(H,28,29). The molecule has 5 aromatic rings. The highest BCUT2D eigenvalue weighted by Crippen LogP contribution is 2.27. The van der Waals surface area contributed by atoms with E-state index in [9.17, 15) is 4.79 Å².